The van der Waals surface area contributed by atoms with Gasteiger partial charge in [0, 0.05) is 17.1 Å². The molecular weight excluding hydrogens is 247 g/mol. The lowest BCUT2D eigenvalue weighted by molar-refractivity contribution is 0.1000. The molecule has 0 bridgehead atoms. The lowest BCUT2D eigenvalue weighted by Crippen LogP contribution is -2.21. The van der Waals surface area contributed by atoms with Gasteiger partial charge in [0.2, 0.25) is 0 Å². The average Bonchev–Trinajstić information content (AvgIpc) is 2.71. The first-order valence-electron chi connectivity index (χ1n) is 4.81. The third kappa shape index (κ3) is 3.22. The van der Waals surface area contributed by atoms with E-state index >= 15 is 0 Å². The quantitative estimate of drug-likeness (QED) is 0.846. The van der Waals surface area contributed by atoms with E-state index in [1.54, 1.807) is 24.3 Å². The van der Waals surface area contributed by atoms with Crippen molar-refractivity contribution in [2.24, 2.45) is 4.99 Å². The first-order chi connectivity index (χ1) is 7.25. The van der Waals surface area contributed by atoms with Gasteiger partial charge in [-0.1, -0.05) is 11.6 Å². The number of amidine groups is 1. The number of aliphatic imine (C=N–C) groups is 1. The van der Waals surface area contributed by atoms with Crippen molar-refractivity contribution >= 4 is 35.6 Å². The van der Waals surface area contributed by atoms with Crippen LogP contribution in [0.5, 0.6) is 0 Å². The number of Topliss-reactive ketones (excluding diaryl/α,β-unsaturated/α-hetero) is 1. The Hall–Kier alpha value is -1.06. The standard InChI is InChI=1S/C11H11ClN2O.ClH/c12-9-3-1-8(2-4-9)10(15)7-11-13-5-6-14-11;/h1-4H,5-7H2,(H,13,14);1H. The minimum atomic E-state index is 0. The van der Waals surface area contributed by atoms with Crippen molar-refractivity contribution in [2.45, 2.75) is 6.42 Å². The van der Waals surface area contributed by atoms with Crippen LogP contribution >= 0.6 is 24.0 Å². The number of nitrogens with zero attached hydrogens (tertiary/aromatic N) is 1. The van der Waals surface area contributed by atoms with E-state index < -0.39 is 0 Å². The highest BCUT2D eigenvalue weighted by molar-refractivity contribution is 6.30. The Morgan fingerprint density at radius 2 is 2.06 bits per heavy atom. The number of rotatable bonds is 3. The average molecular weight is 259 g/mol. The smallest absolute Gasteiger partial charge is 0.170 e. The number of nitrogens with one attached hydrogen (secondary N) is 1. The van der Waals surface area contributed by atoms with Gasteiger partial charge in [-0.3, -0.25) is 9.79 Å². The monoisotopic (exact) mass is 258 g/mol. The maximum Gasteiger partial charge on any atom is 0.170 e. The Kier molecular flexibility index (Phi) is 4.77. The summed E-state index contributed by atoms with van der Waals surface area (Å²) in [5.74, 6) is 0.856. The zero-order chi connectivity index (χ0) is 10.7. The maximum atomic E-state index is 11.7. The van der Waals surface area contributed by atoms with Crippen molar-refractivity contribution in [1.82, 2.24) is 5.32 Å². The largest absolute Gasteiger partial charge is 0.372 e. The Labute approximate surface area is 105 Å². The van der Waals surface area contributed by atoms with Gasteiger partial charge in [-0.25, -0.2) is 0 Å². The van der Waals surface area contributed by atoms with E-state index in [2.05, 4.69) is 10.3 Å². The van der Waals surface area contributed by atoms with Gasteiger partial charge in [0.25, 0.3) is 0 Å². The van der Waals surface area contributed by atoms with E-state index in [1.165, 1.54) is 0 Å². The lowest BCUT2D eigenvalue weighted by Gasteiger charge is -2.01. The van der Waals surface area contributed by atoms with E-state index in [0.29, 0.717) is 17.0 Å². The van der Waals surface area contributed by atoms with Crippen molar-refractivity contribution in [3.8, 4) is 0 Å². The Morgan fingerprint density at radius 3 is 2.62 bits per heavy atom. The molecule has 86 valence electrons. The number of carbonyl (C=O) groups is 1. The Balaban J connectivity index is 0.00000128. The summed E-state index contributed by atoms with van der Waals surface area (Å²) in [7, 11) is 0. The number of ketones is 1. The molecule has 1 aromatic carbocycles. The molecule has 0 spiro atoms. The maximum absolute atomic E-state index is 11.7. The van der Waals surface area contributed by atoms with Crippen LogP contribution < -0.4 is 5.32 Å². The third-order valence-electron chi connectivity index (χ3n) is 2.24. The Morgan fingerprint density at radius 1 is 1.38 bits per heavy atom. The topological polar surface area (TPSA) is 41.5 Å². The van der Waals surface area contributed by atoms with Crippen molar-refractivity contribution in [2.75, 3.05) is 13.1 Å². The second-order valence-electron chi connectivity index (χ2n) is 3.36. The molecule has 1 aliphatic heterocycles. The van der Waals surface area contributed by atoms with Crippen molar-refractivity contribution < 1.29 is 4.79 Å². The predicted molar refractivity (Wildman–Crippen MR) is 68.0 cm³/mol. The SMILES string of the molecule is Cl.O=C(CC1=NCCN1)c1ccc(Cl)cc1. The second-order valence-corrected chi connectivity index (χ2v) is 3.80. The molecule has 0 radical (unpaired) electrons. The molecule has 2 rings (SSSR count). The first-order valence-corrected chi connectivity index (χ1v) is 5.19. The predicted octanol–water partition coefficient (Wildman–Crippen LogP) is 2.34. The molecule has 0 saturated carbocycles. The number of hydrogen-bond donors (Lipinski definition) is 1. The van der Waals surface area contributed by atoms with E-state index in [0.717, 1.165) is 18.9 Å². The summed E-state index contributed by atoms with van der Waals surface area (Å²) < 4.78 is 0. The van der Waals surface area contributed by atoms with Crippen LogP contribution in [0, 0.1) is 0 Å². The molecule has 16 heavy (non-hydrogen) atoms. The fourth-order valence-electron chi connectivity index (χ4n) is 1.46. The van der Waals surface area contributed by atoms with Gasteiger partial charge < -0.3 is 5.32 Å². The summed E-state index contributed by atoms with van der Waals surface area (Å²) in [4.78, 5) is 15.9. The molecule has 1 aromatic rings. The molecular formula is C11H12Cl2N2O. The fourth-order valence-corrected chi connectivity index (χ4v) is 1.58. The van der Waals surface area contributed by atoms with Crippen LogP contribution in [0.2, 0.25) is 5.02 Å². The van der Waals surface area contributed by atoms with Gasteiger partial charge in [0.1, 0.15) is 5.84 Å². The Bertz CT molecular complexity index is 401. The van der Waals surface area contributed by atoms with Crippen LogP contribution in [0.25, 0.3) is 0 Å². The number of carbonyl (C=O) groups excluding carboxylic acids is 1. The summed E-state index contributed by atoms with van der Waals surface area (Å²) in [6.45, 7) is 1.60. The molecule has 1 N–H and O–H groups in total. The molecule has 5 heteroatoms. The van der Waals surface area contributed by atoms with Crippen molar-refractivity contribution in [3.05, 3.63) is 34.9 Å². The van der Waals surface area contributed by atoms with Gasteiger partial charge in [0.05, 0.1) is 13.0 Å². The molecule has 0 saturated heterocycles. The molecule has 0 amide bonds. The zero-order valence-corrected chi connectivity index (χ0v) is 10.1. The third-order valence-corrected chi connectivity index (χ3v) is 2.49. The summed E-state index contributed by atoms with van der Waals surface area (Å²) >= 11 is 5.74. The minimum Gasteiger partial charge on any atom is -0.372 e. The number of hydrogen-bond acceptors (Lipinski definition) is 3. The van der Waals surface area contributed by atoms with Crippen molar-refractivity contribution in [3.63, 3.8) is 0 Å². The molecule has 0 atom stereocenters. The van der Waals surface area contributed by atoms with Gasteiger partial charge >= 0.3 is 0 Å². The van der Waals surface area contributed by atoms with E-state index in [9.17, 15) is 4.79 Å². The minimum absolute atomic E-state index is 0. The summed E-state index contributed by atoms with van der Waals surface area (Å²) in [5.41, 5.74) is 0.677. The van der Waals surface area contributed by atoms with Crippen LogP contribution in [0.4, 0.5) is 0 Å². The highest BCUT2D eigenvalue weighted by atomic mass is 35.5. The number of benzene rings is 1. The van der Waals surface area contributed by atoms with Crippen LogP contribution in [0.3, 0.4) is 0 Å². The van der Waals surface area contributed by atoms with Crippen LogP contribution in [0.1, 0.15) is 16.8 Å². The highest BCUT2D eigenvalue weighted by Crippen LogP contribution is 2.11. The molecule has 0 unspecified atom stereocenters. The van der Waals surface area contributed by atoms with Crippen LogP contribution in [0.15, 0.2) is 29.3 Å². The fraction of sp³-hybridized carbons (Fsp3) is 0.273. The summed E-state index contributed by atoms with van der Waals surface area (Å²) in [6.07, 6.45) is 0.349. The summed E-state index contributed by atoms with van der Waals surface area (Å²) in [5, 5.41) is 3.71. The van der Waals surface area contributed by atoms with Gasteiger partial charge in [-0.05, 0) is 24.3 Å². The highest BCUT2D eigenvalue weighted by Gasteiger charge is 2.12. The second kappa shape index (κ2) is 5.87. The van der Waals surface area contributed by atoms with E-state index in [-0.39, 0.29) is 18.2 Å². The van der Waals surface area contributed by atoms with E-state index in [4.69, 9.17) is 11.6 Å². The molecule has 0 aliphatic carbocycles. The molecule has 3 nitrogen and oxygen atoms in total. The van der Waals surface area contributed by atoms with Crippen LogP contribution in [-0.4, -0.2) is 24.7 Å². The molecule has 1 aliphatic rings. The molecule has 0 fully saturated rings. The molecule has 0 aromatic heterocycles. The summed E-state index contributed by atoms with van der Waals surface area (Å²) in [6, 6.07) is 6.91. The van der Waals surface area contributed by atoms with Gasteiger partial charge in [0.15, 0.2) is 5.78 Å². The first kappa shape index (κ1) is 13.0. The zero-order valence-electron chi connectivity index (χ0n) is 8.57. The van der Waals surface area contributed by atoms with Gasteiger partial charge in [-0.2, -0.15) is 0 Å². The number of halogens is 2. The van der Waals surface area contributed by atoms with E-state index in [1.807, 2.05) is 0 Å². The van der Waals surface area contributed by atoms with Gasteiger partial charge in [-0.15, -0.1) is 12.4 Å². The van der Waals surface area contributed by atoms with Crippen molar-refractivity contribution in [1.29, 1.82) is 0 Å². The molecule has 1 heterocycles. The van der Waals surface area contributed by atoms with Crippen LogP contribution in [-0.2, 0) is 0 Å². The normalized spacial score (nSPS) is 13.7. The lowest BCUT2D eigenvalue weighted by atomic mass is 10.1.